The predicted octanol–water partition coefficient (Wildman–Crippen LogP) is 4.21. The molecule has 1 N–H and O–H groups in total. The fourth-order valence-electron chi connectivity index (χ4n) is 1.19. The summed E-state index contributed by atoms with van der Waals surface area (Å²) in [5, 5.41) is 5.28. The van der Waals surface area contributed by atoms with Crippen LogP contribution in [-0.4, -0.2) is 6.54 Å². The Balaban J connectivity index is 2.84. The molecule has 1 rings (SSSR count). The van der Waals surface area contributed by atoms with Gasteiger partial charge in [0, 0.05) is 11.4 Å². The summed E-state index contributed by atoms with van der Waals surface area (Å²) >= 11 is 7.89. The minimum Gasteiger partial charge on any atom is -0.380 e. The van der Waals surface area contributed by atoms with E-state index in [1.807, 2.05) is 32.0 Å². The molecular weight excluding hydrogens is 226 g/mol. The number of hydrogen-bond donors (Lipinski definition) is 1. The Bertz CT molecular complexity index is 361. The predicted molar refractivity (Wildman–Crippen MR) is 69.5 cm³/mol. The van der Waals surface area contributed by atoms with Crippen LogP contribution in [0.3, 0.4) is 0 Å². The van der Waals surface area contributed by atoms with Crippen LogP contribution in [0.1, 0.15) is 19.4 Å². The van der Waals surface area contributed by atoms with E-state index in [1.54, 1.807) is 11.8 Å². The minimum absolute atomic E-state index is 0.847. The van der Waals surface area contributed by atoms with Crippen molar-refractivity contribution in [2.24, 2.45) is 0 Å². The monoisotopic (exact) mass is 241 g/mol. The van der Waals surface area contributed by atoms with Crippen molar-refractivity contribution in [2.75, 3.05) is 6.54 Å². The maximum atomic E-state index is 6.22. The molecule has 0 radical (unpaired) electrons. The molecule has 0 heterocycles. The van der Waals surface area contributed by atoms with Gasteiger partial charge >= 0.3 is 0 Å². The number of hydrogen-bond acceptors (Lipinski definition) is 2. The van der Waals surface area contributed by atoms with Crippen LogP contribution in [0.5, 0.6) is 0 Å². The second kappa shape index (κ2) is 6.09. The summed E-state index contributed by atoms with van der Waals surface area (Å²) in [6, 6.07) is 6.10. The summed E-state index contributed by atoms with van der Waals surface area (Å²) in [6.07, 6.45) is 2.06. The topological polar surface area (TPSA) is 12.0 Å². The lowest BCUT2D eigenvalue weighted by atomic mass is 10.2. The molecule has 82 valence electrons. The summed E-state index contributed by atoms with van der Waals surface area (Å²) < 4.78 is 0. The molecule has 0 aliphatic carbocycles. The first-order chi connectivity index (χ1) is 7.19. The molecule has 0 spiro atoms. The normalized spacial score (nSPS) is 11.6. The summed E-state index contributed by atoms with van der Waals surface area (Å²) in [4.78, 5) is 1.10. The van der Waals surface area contributed by atoms with Gasteiger partial charge < -0.3 is 5.32 Å². The SMILES string of the molecule is C/C=C(\NCC)Sc1cccc(C)c1Cl. The van der Waals surface area contributed by atoms with E-state index in [0.29, 0.717) is 0 Å². The van der Waals surface area contributed by atoms with Gasteiger partial charge in [-0.05, 0) is 32.4 Å². The number of thioether (sulfide) groups is 1. The van der Waals surface area contributed by atoms with E-state index in [0.717, 1.165) is 27.1 Å². The standard InChI is InChI=1S/C12H16ClNS/c1-4-11(14-5-2)15-10-8-6-7-9(3)12(10)13/h4,6-8,14H,5H2,1-3H3/b11-4+. The number of rotatable bonds is 4. The highest BCUT2D eigenvalue weighted by molar-refractivity contribution is 8.03. The summed E-state index contributed by atoms with van der Waals surface area (Å²) in [6.45, 7) is 7.06. The molecule has 0 saturated heterocycles. The third kappa shape index (κ3) is 3.47. The van der Waals surface area contributed by atoms with Crippen molar-refractivity contribution in [3.63, 3.8) is 0 Å². The van der Waals surface area contributed by atoms with Crippen LogP contribution in [0.4, 0.5) is 0 Å². The van der Waals surface area contributed by atoms with Gasteiger partial charge in [-0.3, -0.25) is 0 Å². The Morgan fingerprint density at radius 1 is 1.53 bits per heavy atom. The zero-order chi connectivity index (χ0) is 11.3. The number of aryl methyl sites for hydroxylation is 1. The largest absolute Gasteiger partial charge is 0.380 e. The molecule has 0 bridgehead atoms. The van der Waals surface area contributed by atoms with Crippen LogP contribution < -0.4 is 5.32 Å². The van der Waals surface area contributed by atoms with Gasteiger partial charge in [-0.25, -0.2) is 0 Å². The average Bonchev–Trinajstić information content (AvgIpc) is 2.24. The second-order valence-electron chi connectivity index (χ2n) is 3.17. The molecule has 15 heavy (non-hydrogen) atoms. The quantitative estimate of drug-likeness (QED) is 0.793. The summed E-state index contributed by atoms with van der Waals surface area (Å²) in [5.41, 5.74) is 1.12. The van der Waals surface area contributed by atoms with Gasteiger partial charge in [0.05, 0.1) is 10.1 Å². The van der Waals surface area contributed by atoms with Crippen molar-refractivity contribution in [2.45, 2.75) is 25.7 Å². The van der Waals surface area contributed by atoms with Crippen LogP contribution in [0.15, 0.2) is 34.2 Å². The molecule has 0 aliphatic heterocycles. The average molecular weight is 242 g/mol. The summed E-state index contributed by atoms with van der Waals surface area (Å²) in [5.74, 6) is 0. The van der Waals surface area contributed by atoms with Crippen molar-refractivity contribution >= 4 is 23.4 Å². The molecular formula is C12H16ClNS. The number of halogens is 1. The van der Waals surface area contributed by atoms with Crippen LogP contribution in [-0.2, 0) is 0 Å². The Morgan fingerprint density at radius 2 is 2.27 bits per heavy atom. The van der Waals surface area contributed by atoms with Gasteiger partial charge in [-0.1, -0.05) is 41.6 Å². The van der Waals surface area contributed by atoms with Gasteiger partial charge in [0.1, 0.15) is 0 Å². The molecule has 0 atom stereocenters. The highest BCUT2D eigenvalue weighted by Gasteiger charge is 2.05. The van der Waals surface area contributed by atoms with Crippen molar-refractivity contribution < 1.29 is 0 Å². The number of benzene rings is 1. The smallest absolute Gasteiger partial charge is 0.0686 e. The zero-order valence-electron chi connectivity index (χ0n) is 9.30. The lowest BCUT2D eigenvalue weighted by molar-refractivity contribution is 0.902. The van der Waals surface area contributed by atoms with Crippen molar-refractivity contribution in [1.82, 2.24) is 5.32 Å². The van der Waals surface area contributed by atoms with E-state index in [-0.39, 0.29) is 0 Å². The molecule has 1 aromatic rings. The van der Waals surface area contributed by atoms with Crippen LogP contribution in [0, 0.1) is 6.92 Å². The maximum absolute atomic E-state index is 6.22. The third-order valence-electron chi connectivity index (χ3n) is 1.99. The van der Waals surface area contributed by atoms with E-state index in [9.17, 15) is 0 Å². The number of allylic oxidation sites excluding steroid dienone is 1. The van der Waals surface area contributed by atoms with Crippen LogP contribution >= 0.6 is 23.4 Å². The molecule has 0 amide bonds. The van der Waals surface area contributed by atoms with Crippen molar-refractivity contribution in [1.29, 1.82) is 0 Å². The molecule has 1 aromatic carbocycles. The molecule has 0 unspecified atom stereocenters. The fraction of sp³-hybridized carbons (Fsp3) is 0.333. The summed E-state index contributed by atoms with van der Waals surface area (Å²) in [7, 11) is 0. The second-order valence-corrected chi connectivity index (χ2v) is 4.63. The van der Waals surface area contributed by atoms with Gasteiger partial charge in [-0.2, -0.15) is 0 Å². The zero-order valence-corrected chi connectivity index (χ0v) is 10.9. The van der Waals surface area contributed by atoms with E-state index in [2.05, 4.69) is 18.3 Å². The first-order valence-corrected chi connectivity index (χ1v) is 6.21. The minimum atomic E-state index is 0.847. The molecule has 0 aliphatic rings. The molecule has 0 saturated carbocycles. The lowest BCUT2D eigenvalue weighted by Crippen LogP contribution is -2.09. The van der Waals surface area contributed by atoms with Gasteiger partial charge in [0.25, 0.3) is 0 Å². The molecule has 1 nitrogen and oxygen atoms in total. The van der Waals surface area contributed by atoms with Gasteiger partial charge in [0.15, 0.2) is 0 Å². The Kier molecular flexibility index (Phi) is 5.06. The molecule has 3 heteroatoms. The Morgan fingerprint density at radius 3 is 2.87 bits per heavy atom. The van der Waals surface area contributed by atoms with Crippen molar-refractivity contribution in [3.8, 4) is 0 Å². The Labute approximate surface area is 101 Å². The highest BCUT2D eigenvalue weighted by atomic mass is 35.5. The van der Waals surface area contributed by atoms with E-state index in [4.69, 9.17) is 11.6 Å². The number of nitrogens with one attached hydrogen (secondary N) is 1. The Hall–Kier alpha value is -0.600. The van der Waals surface area contributed by atoms with Crippen LogP contribution in [0.2, 0.25) is 5.02 Å². The molecule has 0 fully saturated rings. The lowest BCUT2D eigenvalue weighted by Gasteiger charge is -2.10. The third-order valence-corrected chi connectivity index (χ3v) is 3.76. The highest BCUT2D eigenvalue weighted by Crippen LogP contribution is 2.33. The fourth-order valence-corrected chi connectivity index (χ4v) is 2.40. The van der Waals surface area contributed by atoms with Gasteiger partial charge in [0.2, 0.25) is 0 Å². The van der Waals surface area contributed by atoms with E-state index >= 15 is 0 Å². The van der Waals surface area contributed by atoms with E-state index < -0.39 is 0 Å². The first-order valence-electron chi connectivity index (χ1n) is 5.02. The van der Waals surface area contributed by atoms with Gasteiger partial charge in [-0.15, -0.1) is 0 Å². The van der Waals surface area contributed by atoms with Crippen molar-refractivity contribution in [3.05, 3.63) is 39.9 Å². The van der Waals surface area contributed by atoms with Crippen LogP contribution in [0.25, 0.3) is 0 Å². The molecule has 0 aromatic heterocycles. The maximum Gasteiger partial charge on any atom is 0.0686 e. The first kappa shape index (κ1) is 12.5. The van der Waals surface area contributed by atoms with E-state index in [1.165, 1.54) is 0 Å².